The number of nitrogens with two attached hydrogens (primary N) is 1. The molecule has 0 radical (unpaired) electrons. The summed E-state index contributed by atoms with van der Waals surface area (Å²) < 4.78 is 37.5. The van der Waals surface area contributed by atoms with Crippen LogP contribution in [0.25, 0.3) is 16.8 Å². The molecule has 1 fully saturated rings. The van der Waals surface area contributed by atoms with Gasteiger partial charge in [0.1, 0.15) is 11.8 Å². The van der Waals surface area contributed by atoms with Gasteiger partial charge in [0.2, 0.25) is 5.82 Å². The van der Waals surface area contributed by atoms with Gasteiger partial charge in [-0.2, -0.15) is 4.39 Å². The summed E-state index contributed by atoms with van der Waals surface area (Å²) in [7, 11) is 3.54. The smallest absolute Gasteiger partial charge is 0.201 e. The van der Waals surface area contributed by atoms with Gasteiger partial charge in [-0.05, 0) is 68.0 Å². The van der Waals surface area contributed by atoms with Crippen LogP contribution in [0.15, 0.2) is 52.9 Å². The highest BCUT2D eigenvalue weighted by atomic mass is 19.2. The molecule has 1 aromatic carbocycles. The molecular weight excluding hydrogens is 512 g/mol. The molecule has 0 saturated heterocycles. The molecule has 2 aromatic heterocycles. The predicted octanol–water partition coefficient (Wildman–Crippen LogP) is 5.89. The van der Waals surface area contributed by atoms with Crippen molar-refractivity contribution in [2.45, 2.75) is 73.1 Å². The van der Waals surface area contributed by atoms with Crippen LogP contribution < -0.4 is 15.8 Å². The molecule has 0 amide bonds. The zero-order chi connectivity index (χ0) is 29.8. The number of hydrogen-bond donors (Lipinski definition) is 3. The van der Waals surface area contributed by atoms with Crippen molar-refractivity contribution in [1.82, 2.24) is 14.7 Å². The number of pyridine rings is 1. The molecule has 1 unspecified atom stereocenters. The van der Waals surface area contributed by atoms with Gasteiger partial charge in [0, 0.05) is 42.3 Å². The number of hydrogen-bond acceptors (Lipinski definition) is 6. The van der Waals surface area contributed by atoms with Crippen LogP contribution in [-0.4, -0.2) is 46.5 Å². The van der Waals surface area contributed by atoms with Crippen LogP contribution >= 0.6 is 0 Å². The number of ether oxygens (including phenoxy) is 1. The number of fused-ring (bicyclic) bond motifs is 1. The van der Waals surface area contributed by atoms with E-state index in [4.69, 9.17) is 10.5 Å². The number of imidazole rings is 1. The largest absolute Gasteiger partial charge is 0.487 e. The minimum absolute atomic E-state index is 0.00725. The van der Waals surface area contributed by atoms with Gasteiger partial charge < -0.3 is 25.3 Å². The molecule has 7 nitrogen and oxygen atoms in total. The standard InChI is InChI=1S/C29H37F2N5O2.C2H6/c1-16(34-6)24(26(32)28(37)29(2,3)4)18-11-20(12-18)38-27-21(8-9-22(30)25(27)31)17-7-10-23-35-14-19(13-33-5)36(23)15-17;1-2/h7-10,14-15,18,20,28,33,37H,11-13,32H2,1-6H3;1-2H3/b26-24+,34-16?;. The number of aromatic nitrogens is 2. The molecule has 4 N–H and O–H groups in total. The Morgan fingerprint density at radius 1 is 1.23 bits per heavy atom. The summed E-state index contributed by atoms with van der Waals surface area (Å²) in [5.41, 5.74) is 10.8. The van der Waals surface area contributed by atoms with E-state index >= 15 is 4.39 Å². The number of halogens is 2. The second kappa shape index (κ2) is 12.9. The zero-order valence-electron chi connectivity index (χ0n) is 24.8. The average molecular weight is 556 g/mol. The summed E-state index contributed by atoms with van der Waals surface area (Å²) in [6.45, 7) is 12.2. The second-order valence-corrected chi connectivity index (χ2v) is 11.0. The van der Waals surface area contributed by atoms with E-state index in [1.54, 1.807) is 13.2 Å². The van der Waals surface area contributed by atoms with Crippen LogP contribution in [0.2, 0.25) is 0 Å². The summed E-state index contributed by atoms with van der Waals surface area (Å²) in [6, 6.07) is 6.32. The minimum atomic E-state index is -1.02. The Bertz CT molecular complexity index is 1380. The van der Waals surface area contributed by atoms with E-state index in [0.29, 0.717) is 36.2 Å². The lowest BCUT2D eigenvalue weighted by Gasteiger charge is -2.39. The Balaban J connectivity index is 0.00000216. The minimum Gasteiger partial charge on any atom is -0.487 e. The highest BCUT2D eigenvalue weighted by molar-refractivity contribution is 5.99. The third-order valence-electron chi connectivity index (χ3n) is 7.24. The van der Waals surface area contributed by atoms with Gasteiger partial charge in [0.15, 0.2) is 11.6 Å². The van der Waals surface area contributed by atoms with E-state index in [0.717, 1.165) is 28.7 Å². The fraction of sp³-hybridized carbons (Fsp3) is 0.484. The van der Waals surface area contributed by atoms with Crippen LogP contribution in [0, 0.1) is 23.0 Å². The molecule has 0 spiro atoms. The van der Waals surface area contributed by atoms with Gasteiger partial charge >= 0.3 is 0 Å². The van der Waals surface area contributed by atoms with Crippen molar-refractivity contribution in [1.29, 1.82) is 0 Å². The molecule has 1 aliphatic carbocycles. The predicted molar refractivity (Wildman–Crippen MR) is 158 cm³/mol. The van der Waals surface area contributed by atoms with Crippen LogP contribution in [0.3, 0.4) is 0 Å². The molecule has 40 heavy (non-hydrogen) atoms. The zero-order valence-corrected chi connectivity index (χ0v) is 24.8. The van der Waals surface area contributed by atoms with Crippen LogP contribution in [-0.2, 0) is 6.54 Å². The molecule has 2 heterocycles. The molecule has 0 bridgehead atoms. The third-order valence-corrected chi connectivity index (χ3v) is 7.24. The number of benzene rings is 1. The quantitative estimate of drug-likeness (QED) is 0.301. The average Bonchev–Trinajstić information content (AvgIpc) is 3.31. The lowest BCUT2D eigenvalue weighted by molar-refractivity contribution is 0.0718. The maximum absolute atomic E-state index is 15.1. The molecule has 4 rings (SSSR count). The van der Waals surface area contributed by atoms with Crippen molar-refractivity contribution in [3.05, 3.63) is 65.3 Å². The Labute approximate surface area is 236 Å². The normalized spacial score (nSPS) is 18.9. The van der Waals surface area contributed by atoms with Gasteiger partial charge in [-0.3, -0.25) is 4.99 Å². The van der Waals surface area contributed by atoms with Gasteiger partial charge in [-0.25, -0.2) is 9.37 Å². The van der Waals surface area contributed by atoms with Crippen LogP contribution in [0.1, 0.15) is 60.1 Å². The molecule has 218 valence electrons. The van der Waals surface area contributed by atoms with Crippen molar-refractivity contribution in [2.75, 3.05) is 14.1 Å². The maximum Gasteiger partial charge on any atom is 0.201 e. The van der Waals surface area contributed by atoms with Gasteiger partial charge in [0.25, 0.3) is 0 Å². The van der Waals surface area contributed by atoms with Gasteiger partial charge in [-0.15, -0.1) is 0 Å². The number of aliphatic imine (C=N–C) groups is 1. The Kier molecular flexibility index (Phi) is 10.1. The Morgan fingerprint density at radius 2 is 1.90 bits per heavy atom. The van der Waals surface area contributed by atoms with E-state index in [1.807, 2.05) is 71.3 Å². The van der Waals surface area contributed by atoms with Crippen LogP contribution in [0.4, 0.5) is 8.78 Å². The summed E-state index contributed by atoms with van der Waals surface area (Å²) in [5.74, 6) is -2.10. The molecule has 1 aliphatic rings. The summed E-state index contributed by atoms with van der Waals surface area (Å²) in [5, 5.41) is 13.9. The van der Waals surface area contributed by atoms with Crippen molar-refractivity contribution in [3.63, 3.8) is 0 Å². The van der Waals surface area contributed by atoms with Crippen molar-refractivity contribution in [3.8, 4) is 16.9 Å². The van der Waals surface area contributed by atoms with Crippen molar-refractivity contribution < 1.29 is 18.6 Å². The first-order chi connectivity index (χ1) is 19.0. The number of allylic oxidation sites excluding steroid dienone is 1. The number of aliphatic hydroxyl groups excluding tert-OH is 1. The molecule has 1 saturated carbocycles. The first kappa shape index (κ1) is 31.2. The summed E-state index contributed by atoms with van der Waals surface area (Å²) in [6.07, 6.45) is 3.54. The van der Waals surface area contributed by atoms with E-state index < -0.39 is 23.2 Å². The molecule has 3 aromatic rings. The number of nitrogens with zero attached hydrogens (tertiary/aromatic N) is 3. The molecule has 0 aliphatic heterocycles. The maximum atomic E-state index is 15.1. The summed E-state index contributed by atoms with van der Waals surface area (Å²) >= 11 is 0. The summed E-state index contributed by atoms with van der Waals surface area (Å²) in [4.78, 5) is 8.71. The molecule has 1 atom stereocenters. The lowest BCUT2D eigenvalue weighted by atomic mass is 9.73. The fourth-order valence-electron chi connectivity index (χ4n) is 4.92. The van der Waals surface area contributed by atoms with Crippen LogP contribution in [0.5, 0.6) is 5.75 Å². The first-order valence-electron chi connectivity index (χ1n) is 13.8. The first-order valence-corrected chi connectivity index (χ1v) is 13.8. The van der Waals surface area contributed by atoms with Gasteiger partial charge in [-0.1, -0.05) is 34.6 Å². The molecule has 9 heteroatoms. The topological polar surface area (TPSA) is 97.2 Å². The highest BCUT2D eigenvalue weighted by Crippen LogP contribution is 2.42. The van der Waals surface area contributed by atoms with Crippen molar-refractivity contribution >= 4 is 11.4 Å². The van der Waals surface area contributed by atoms with E-state index in [9.17, 15) is 9.50 Å². The van der Waals surface area contributed by atoms with Gasteiger partial charge in [0.05, 0.1) is 18.0 Å². The second-order valence-electron chi connectivity index (χ2n) is 11.0. The third kappa shape index (κ3) is 6.36. The number of rotatable bonds is 8. The van der Waals surface area contributed by atoms with E-state index in [1.165, 1.54) is 6.07 Å². The lowest BCUT2D eigenvalue weighted by Crippen LogP contribution is -2.40. The fourth-order valence-corrected chi connectivity index (χ4v) is 4.92. The molecular formula is C31H43F2N5O2. The van der Waals surface area contributed by atoms with E-state index in [2.05, 4.69) is 15.3 Å². The monoisotopic (exact) mass is 555 g/mol. The number of nitrogens with one attached hydrogen (secondary N) is 1. The number of aliphatic hydroxyl groups is 1. The SMILES string of the molecule is CC.CN=C(C)/C(=C(\N)C(O)C(C)(C)C)C1CC(Oc2c(-c3ccc4ncc(CNC)n4c3)ccc(F)c2F)C1. The Morgan fingerprint density at radius 3 is 2.50 bits per heavy atom. The Hall–Kier alpha value is -3.30. The highest BCUT2D eigenvalue weighted by Gasteiger charge is 2.39. The van der Waals surface area contributed by atoms with E-state index in [-0.39, 0.29) is 17.8 Å². The van der Waals surface area contributed by atoms with Crippen molar-refractivity contribution in [2.24, 2.45) is 22.1 Å².